The van der Waals surface area contributed by atoms with Crippen LogP contribution in [-0.2, 0) is 16.0 Å². The summed E-state index contributed by atoms with van der Waals surface area (Å²) < 4.78 is 5.52. The van der Waals surface area contributed by atoms with Crippen LogP contribution in [0, 0.1) is 12.3 Å². The van der Waals surface area contributed by atoms with Crippen molar-refractivity contribution in [1.29, 1.82) is 0 Å². The number of aromatic nitrogens is 1. The highest BCUT2D eigenvalue weighted by molar-refractivity contribution is 5.97. The van der Waals surface area contributed by atoms with Gasteiger partial charge in [-0.2, -0.15) is 0 Å². The molecule has 0 radical (unpaired) electrons. The van der Waals surface area contributed by atoms with Gasteiger partial charge in [-0.05, 0) is 56.7 Å². The minimum atomic E-state index is -0.675. The number of carbonyl (C=O) groups is 2. The summed E-state index contributed by atoms with van der Waals surface area (Å²) in [6, 6.07) is 11.8. The van der Waals surface area contributed by atoms with Gasteiger partial charge in [-0.1, -0.05) is 30.3 Å². The molecule has 5 nitrogen and oxygen atoms in total. The molecular weight excluding hydrogens is 352 g/mol. The molecular formula is C23H26N2O3. The molecule has 3 heterocycles. The van der Waals surface area contributed by atoms with Crippen LogP contribution in [0.15, 0.2) is 48.8 Å². The molecule has 0 saturated carbocycles. The van der Waals surface area contributed by atoms with Crippen molar-refractivity contribution in [1.82, 2.24) is 9.88 Å². The fraction of sp³-hybridized carbons (Fsp3) is 0.435. The van der Waals surface area contributed by atoms with Gasteiger partial charge >= 0.3 is 5.97 Å². The lowest BCUT2D eigenvalue weighted by Crippen LogP contribution is -2.47. The molecule has 0 spiro atoms. The molecule has 146 valence electrons. The summed E-state index contributed by atoms with van der Waals surface area (Å²) in [5.74, 6) is -0.191. The van der Waals surface area contributed by atoms with E-state index in [1.807, 2.05) is 55.1 Å². The molecule has 0 aliphatic carbocycles. The average Bonchev–Trinajstić information content (AvgIpc) is 3.25. The highest BCUT2D eigenvalue weighted by atomic mass is 16.5. The van der Waals surface area contributed by atoms with E-state index in [-0.39, 0.29) is 24.0 Å². The largest absolute Gasteiger partial charge is 0.465 e. The summed E-state index contributed by atoms with van der Waals surface area (Å²) in [4.78, 5) is 32.6. The molecule has 28 heavy (non-hydrogen) atoms. The summed E-state index contributed by atoms with van der Waals surface area (Å²) >= 11 is 0. The molecule has 2 bridgehead atoms. The number of fused-ring (bicyclic) bond motifs is 2. The minimum Gasteiger partial charge on any atom is -0.465 e. The molecule has 0 N–H and O–H groups in total. The summed E-state index contributed by atoms with van der Waals surface area (Å²) in [5, 5.41) is 0. The molecule has 2 fully saturated rings. The first-order valence-electron chi connectivity index (χ1n) is 10.0. The molecule has 1 amide bonds. The molecule has 5 heteroatoms. The first-order valence-corrected chi connectivity index (χ1v) is 10.0. The lowest BCUT2D eigenvalue weighted by atomic mass is 9.70. The highest BCUT2D eigenvalue weighted by Crippen LogP contribution is 2.52. The third-order valence-electron chi connectivity index (χ3n) is 6.29. The Hall–Kier alpha value is -2.69. The summed E-state index contributed by atoms with van der Waals surface area (Å²) in [5.41, 5.74) is 1.97. The van der Waals surface area contributed by atoms with Crippen molar-refractivity contribution in [3.05, 3.63) is 65.5 Å². The number of hydrogen-bond acceptors (Lipinski definition) is 4. The molecule has 1 aromatic heterocycles. The third kappa shape index (κ3) is 2.99. The smallest absolute Gasteiger partial charge is 0.314 e. The van der Waals surface area contributed by atoms with E-state index >= 15 is 0 Å². The van der Waals surface area contributed by atoms with Crippen molar-refractivity contribution in [2.45, 2.75) is 51.6 Å². The zero-order valence-electron chi connectivity index (χ0n) is 16.4. The summed E-state index contributed by atoms with van der Waals surface area (Å²) in [6.07, 6.45) is 6.37. The van der Waals surface area contributed by atoms with Crippen LogP contribution < -0.4 is 0 Å². The van der Waals surface area contributed by atoms with Crippen molar-refractivity contribution >= 4 is 11.9 Å². The summed E-state index contributed by atoms with van der Waals surface area (Å²) in [6.45, 7) is 4.11. The molecule has 2 aromatic rings. The van der Waals surface area contributed by atoms with Crippen LogP contribution in [0.5, 0.6) is 0 Å². The third-order valence-corrected chi connectivity index (χ3v) is 6.29. The van der Waals surface area contributed by atoms with Crippen LogP contribution in [0.3, 0.4) is 0 Å². The second kappa shape index (κ2) is 7.38. The minimum absolute atomic E-state index is 0.0164. The number of pyridine rings is 1. The Labute approximate surface area is 165 Å². The Morgan fingerprint density at radius 1 is 1.21 bits per heavy atom. The number of rotatable bonds is 5. The van der Waals surface area contributed by atoms with Crippen molar-refractivity contribution < 1.29 is 14.3 Å². The fourth-order valence-corrected chi connectivity index (χ4v) is 5.03. The van der Waals surface area contributed by atoms with Gasteiger partial charge in [-0.3, -0.25) is 14.6 Å². The molecule has 2 saturated heterocycles. The van der Waals surface area contributed by atoms with Gasteiger partial charge in [-0.25, -0.2) is 0 Å². The second-order valence-electron chi connectivity index (χ2n) is 7.89. The van der Waals surface area contributed by atoms with E-state index in [0.29, 0.717) is 25.0 Å². The van der Waals surface area contributed by atoms with E-state index in [0.717, 1.165) is 24.0 Å². The van der Waals surface area contributed by atoms with Crippen molar-refractivity contribution in [3.8, 4) is 0 Å². The molecule has 4 rings (SSSR count). The standard InChI is InChI=1S/C23H26N2O3/c1-3-28-22(27)23(13-17-7-5-4-6-8-17)14-18-9-10-20(23)25(18)21(26)19-15-24-12-11-16(19)2/h4-8,11-12,15,18,20H,3,9-10,13-14H2,1-2H3/t18-,20+,23+/m1/s1. The molecule has 3 atom stereocenters. The summed E-state index contributed by atoms with van der Waals surface area (Å²) in [7, 11) is 0. The van der Waals surface area contributed by atoms with Crippen LogP contribution in [0.2, 0.25) is 0 Å². The lowest BCUT2D eigenvalue weighted by molar-refractivity contribution is -0.157. The second-order valence-corrected chi connectivity index (χ2v) is 7.89. The Balaban J connectivity index is 1.70. The van der Waals surface area contributed by atoms with E-state index in [4.69, 9.17) is 4.74 Å². The van der Waals surface area contributed by atoms with Crippen LogP contribution >= 0.6 is 0 Å². The van der Waals surface area contributed by atoms with Gasteiger partial charge in [0.2, 0.25) is 0 Å². The van der Waals surface area contributed by atoms with E-state index in [1.165, 1.54) is 0 Å². The predicted molar refractivity (Wildman–Crippen MR) is 106 cm³/mol. The quantitative estimate of drug-likeness (QED) is 0.747. The average molecular weight is 378 g/mol. The topological polar surface area (TPSA) is 59.5 Å². The maximum atomic E-state index is 13.4. The van der Waals surface area contributed by atoms with Crippen molar-refractivity contribution in [2.24, 2.45) is 5.41 Å². The van der Waals surface area contributed by atoms with E-state index in [2.05, 4.69) is 4.98 Å². The van der Waals surface area contributed by atoms with E-state index in [1.54, 1.807) is 12.4 Å². The Kier molecular flexibility index (Phi) is 4.92. The Bertz CT molecular complexity index is 882. The zero-order chi connectivity index (χ0) is 19.7. The van der Waals surface area contributed by atoms with Gasteiger partial charge in [0.1, 0.15) is 0 Å². The van der Waals surface area contributed by atoms with Crippen LogP contribution in [0.4, 0.5) is 0 Å². The molecule has 2 aliphatic heterocycles. The van der Waals surface area contributed by atoms with Gasteiger partial charge in [0.15, 0.2) is 0 Å². The van der Waals surface area contributed by atoms with Crippen LogP contribution in [0.1, 0.15) is 47.7 Å². The number of esters is 1. The van der Waals surface area contributed by atoms with Crippen molar-refractivity contribution in [2.75, 3.05) is 6.61 Å². The first-order chi connectivity index (χ1) is 13.6. The number of benzene rings is 1. The maximum absolute atomic E-state index is 13.4. The van der Waals surface area contributed by atoms with Crippen LogP contribution in [-0.4, -0.2) is 40.5 Å². The van der Waals surface area contributed by atoms with Gasteiger partial charge in [0.25, 0.3) is 5.91 Å². The van der Waals surface area contributed by atoms with Gasteiger partial charge < -0.3 is 9.64 Å². The monoisotopic (exact) mass is 378 g/mol. The predicted octanol–water partition coefficient (Wildman–Crippen LogP) is 3.56. The number of aryl methyl sites for hydroxylation is 1. The van der Waals surface area contributed by atoms with E-state index in [9.17, 15) is 9.59 Å². The normalized spacial score (nSPS) is 25.7. The number of carbonyl (C=O) groups excluding carboxylic acids is 2. The Morgan fingerprint density at radius 2 is 2.00 bits per heavy atom. The highest BCUT2D eigenvalue weighted by Gasteiger charge is 2.62. The van der Waals surface area contributed by atoms with Gasteiger partial charge in [0, 0.05) is 24.5 Å². The fourth-order valence-electron chi connectivity index (χ4n) is 5.03. The number of hydrogen-bond donors (Lipinski definition) is 0. The molecule has 2 aliphatic rings. The lowest BCUT2D eigenvalue weighted by Gasteiger charge is -2.35. The number of amides is 1. The van der Waals surface area contributed by atoms with Crippen molar-refractivity contribution in [3.63, 3.8) is 0 Å². The Morgan fingerprint density at radius 3 is 2.71 bits per heavy atom. The first kappa shape index (κ1) is 18.7. The SMILES string of the molecule is CCOC(=O)[C@@]1(Cc2ccccc2)C[C@H]2CC[C@@H]1N2C(=O)c1cnccc1C. The molecule has 1 aromatic carbocycles. The van der Waals surface area contributed by atoms with Gasteiger partial charge in [0.05, 0.1) is 17.6 Å². The number of ether oxygens (including phenoxy) is 1. The van der Waals surface area contributed by atoms with E-state index < -0.39 is 5.41 Å². The van der Waals surface area contributed by atoms with Crippen LogP contribution in [0.25, 0.3) is 0 Å². The van der Waals surface area contributed by atoms with Gasteiger partial charge in [-0.15, -0.1) is 0 Å². The zero-order valence-corrected chi connectivity index (χ0v) is 16.4. The number of nitrogens with zero attached hydrogens (tertiary/aromatic N) is 2. The molecule has 0 unspecified atom stereocenters. The maximum Gasteiger partial charge on any atom is 0.314 e.